The highest BCUT2D eigenvalue weighted by Crippen LogP contribution is 2.13. The van der Waals surface area contributed by atoms with Crippen LogP contribution in [0.2, 0.25) is 0 Å². The Morgan fingerprint density at radius 3 is 2.59 bits per heavy atom. The Bertz CT molecular complexity index is 549. The fourth-order valence-corrected chi connectivity index (χ4v) is 1.60. The third kappa shape index (κ3) is 2.28. The number of pyridine rings is 1. The summed E-state index contributed by atoms with van der Waals surface area (Å²) in [5.74, 6) is -0.0363. The molecule has 0 radical (unpaired) electrons. The number of carbonyl (C=O) groups excluding carboxylic acids is 1. The van der Waals surface area contributed by atoms with E-state index in [0.29, 0.717) is 5.69 Å². The number of benzene rings is 1. The highest BCUT2D eigenvalue weighted by Gasteiger charge is 2.15. The summed E-state index contributed by atoms with van der Waals surface area (Å²) in [5.41, 5.74) is 1.36. The summed E-state index contributed by atoms with van der Waals surface area (Å²) in [7, 11) is 1.80. The molecule has 1 aromatic heterocycles. The van der Waals surface area contributed by atoms with Crippen LogP contribution in [0.1, 0.15) is 24.3 Å². The molecular weight excluding hydrogens is 212 g/mol. The molecule has 0 fully saturated rings. The first-order valence-corrected chi connectivity index (χ1v) is 5.72. The van der Waals surface area contributed by atoms with Crippen molar-refractivity contribution in [3.05, 3.63) is 42.1 Å². The zero-order chi connectivity index (χ0) is 12.4. The van der Waals surface area contributed by atoms with E-state index < -0.39 is 0 Å². The van der Waals surface area contributed by atoms with Crippen molar-refractivity contribution in [2.45, 2.75) is 19.9 Å². The van der Waals surface area contributed by atoms with E-state index in [2.05, 4.69) is 4.98 Å². The van der Waals surface area contributed by atoms with Crippen molar-refractivity contribution < 1.29 is 4.79 Å². The maximum Gasteiger partial charge on any atom is 0.272 e. The first-order valence-electron chi connectivity index (χ1n) is 5.72. The molecule has 0 spiro atoms. The van der Waals surface area contributed by atoms with Gasteiger partial charge in [0.2, 0.25) is 0 Å². The van der Waals surface area contributed by atoms with Gasteiger partial charge in [-0.05, 0) is 26.0 Å². The topological polar surface area (TPSA) is 33.2 Å². The second-order valence-corrected chi connectivity index (χ2v) is 4.40. The number of hydrogen-bond acceptors (Lipinski definition) is 2. The number of carbonyl (C=O) groups is 1. The Labute approximate surface area is 101 Å². The van der Waals surface area contributed by atoms with E-state index >= 15 is 0 Å². The lowest BCUT2D eigenvalue weighted by Crippen LogP contribution is -2.33. The molecule has 0 saturated carbocycles. The fraction of sp³-hybridized carbons (Fsp3) is 0.286. The van der Waals surface area contributed by atoms with Crippen molar-refractivity contribution in [1.29, 1.82) is 0 Å². The molecule has 3 nitrogen and oxygen atoms in total. The molecule has 2 aromatic rings. The molecule has 17 heavy (non-hydrogen) atoms. The lowest BCUT2D eigenvalue weighted by atomic mass is 10.2. The van der Waals surface area contributed by atoms with E-state index in [4.69, 9.17) is 0 Å². The van der Waals surface area contributed by atoms with Crippen molar-refractivity contribution in [3.63, 3.8) is 0 Å². The molecule has 0 aliphatic carbocycles. The summed E-state index contributed by atoms with van der Waals surface area (Å²) >= 11 is 0. The molecule has 2 rings (SSSR count). The SMILES string of the molecule is CC(C)N(C)C(=O)c1ccc2ccccc2n1. The normalized spacial score (nSPS) is 10.8. The average molecular weight is 228 g/mol. The van der Waals surface area contributed by atoms with E-state index in [1.165, 1.54) is 0 Å². The van der Waals surface area contributed by atoms with Crippen LogP contribution < -0.4 is 0 Å². The Morgan fingerprint density at radius 1 is 1.18 bits per heavy atom. The van der Waals surface area contributed by atoms with E-state index in [0.717, 1.165) is 10.9 Å². The van der Waals surface area contributed by atoms with Crippen LogP contribution in [0.5, 0.6) is 0 Å². The highest BCUT2D eigenvalue weighted by molar-refractivity contribution is 5.94. The zero-order valence-corrected chi connectivity index (χ0v) is 10.3. The number of rotatable bonds is 2. The average Bonchev–Trinajstić information content (AvgIpc) is 2.36. The lowest BCUT2D eigenvalue weighted by molar-refractivity contribution is 0.0749. The number of para-hydroxylation sites is 1. The molecule has 1 heterocycles. The van der Waals surface area contributed by atoms with Gasteiger partial charge < -0.3 is 4.90 Å². The molecule has 3 heteroatoms. The van der Waals surface area contributed by atoms with E-state index in [1.807, 2.05) is 44.2 Å². The van der Waals surface area contributed by atoms with Crippen molar-refractivity contribution >= 4 is 16.8 Å². The molecule has 0 aliphatic rings. The van der Waals surface area contributed by atoms with Gasteiger partial charge in [0, 0.05) is 18.5 Å². The van der Waals surface area contributed by atoms with Crippen LogP contribution in [0.3, 0.4) is 0 Å². The number of amides is 1. The summed E-state index contributed by atoms with van der Waals surface area (Å²) in [6.07, 6.45) is 0. The molecule has 0 saturated heterocycles. The number of aromatic nitrogens is 1. The Balaban J connectivity index is 2.40. The van der Waals surface area contributed by atoms with E-state index in [9.17, 15) is 4.79 Å². The standard InChI is InChI=1S/C14H16N2O/c1-10(2)16(3)14(17)13-9-8-11-6-4-5-7-12(11)15-13/h4-10H,1-3H3. The van der Waals surface area contributed by atoms with Gasteiger partial charge in [0.1, 0.15) is 5.69 Å². The van der Waals surface area contributed by atoms with Crippen molar-refractivity contribution in [2.24, 2.45) is 0 Å². The molecule has 0 atom stereocenters. The smallest absolute Gasteiger partial charge is 0.272 e. The molecule has 0 unspecified atom stereocenters. The van der Waals surface area contributed by atoms with Gasteiger partial charge in [-0.1, -0.05) is 24.3 Å². The van der Waals surface area contributed by atoms with Gasteiger partial charge in [-0.15, -0.1) is 0 Å². The second-order valence-electron chi connectivity index (χ2n) is 4.40. The maximum atomic E-state index is 12.1. The molecular formula is C14H16N2O. The van der Waals surface area contributed by atoms with Crippen molar-refractivity contribution in [3.8, 4) is 0 Å². The minimum atomic E-state index is -0.0363. The highest BCUT2D eigenvalue weighted by atomic mass is 16.2. The molecule has 88 valence electrons. The van der Waals surface area contributed by atoms with Crippen LogP contribution in [0.25, 0.3) is 10.9 Å². The summed E-state index contributed by atoms with van der Waals surface area (Å²) in [6.45, 7) is 3.97. The van der Waals surface area contributed by atoms with Crippen LogP contribution in [-0.2, 0) is 0 Å². The van der Waals surface area contributed by atoms with Gasteiger partial charge in [-0.2, -0.15) is 0 Å². The molecule has 1 aromatic carbocycles. The largest absolute Gasteiger partial charge is 0.338 e. The molecule has 1 amide bonds. The second kappa shape index (κ2) is 4.53. The van der Waals surface area contributed by atoms with Gasteiger partial charge in [0.25, 0.3) is 5.91 Å². The summed E-state index contributed by atoms with van der Waals surface area (Å²) in [5, 5.41) is 1.05. The minimum absolute atomic E-state index is 0.0363. The van der Waals surface area contributed by atoms with Crippen molar-refractivity contribution in [2.75, 3.05) is 7.05 Å². The lowest BCUT2D eigenvalue weighted by Gasteiger charge is -2.20. The zero-order valence-electron chi connectivity index (χ0n) is 10.3. The summed E-state index contributed by atoms with van der Waals surface area (Å²) in [4.78, 5) is 18.2. The predicted molar refractivity (Wildman–Crippen MR) is 69.0 cm³/mol. The van der Waals surface area contributed by atoms with E-state index in [-0.39, 0.29) is 11.9 Å². The fourth-order valence-electron chi connectivity index (χ4n) is 1.60. The van der Waals surface area contributed by atoms with Crippen LogP contribution in [0.15, 0.2) is 36.4 Å². The van der Waals surface area contributed by atoms with Gasteiger partial charge in [0.15, 0.2) is 0 Å². The van der Waals surface area contributed by atoms with Crippen LogP contribution in [0.4, 0.5) is 0 Å². The third-order valence-corrected chi connectivity index (χ3v) is 2.91. The minimum Gasteiger partial charge on any atom is -0.338 e. The Hall–Kier alpha value is -1.90. The van der Waals surface area contributed by atoms with Gasteiger partial charge in [-0.3, -0.25) is 4.79 Å². The third-order valence-electron chi connectivity index (χ3n) is 2.91. The predicted octanol–water partition coefficient (Wildman–Crippen LogP) is 2.72. The first-order chi connectivity index (χ1) is 8.09. The van der Waals surface area contributed by atoms with Gasteiger partial charge >= 0.3 is 0 Å². The number of nitrogens with zero attached hydrogens (tertiary/aromatic N) is 2. The van der Waals surface area contributed by atoms with Gasteiger partial charge in [-0.25, -0.2) is 4.98 Å². The summed E-state index contributed by atoms with van der Waals surface area (Å²) < 4.78 is 0. The van der Waals surface area contributed by atoms with Crippen molar-refractivity contribution in [1.82, 2.24) is 9.88 Å². The van der Waals surface area contributed by atoms with Crippen LogP contribution in [-0.4, -0.2) is 28.9 Å². The van der Waals surface area contributed by atoms with Crippen LogP contribution in [0, 0.1) is 0 Å². The monoisotopic (exact) mass is 228 g/mol. The summed E-state index contributed by atoms with van der Waals surface area (Å²) in [6, 6.07) is 11.7. The van der Waals surface area contributed by atoms with Gasteiger partial charge in [0.05, 0.1) is 5.52 Å². The molecule has 0 aliphatic heterocycles. The quantitative estimate of drug-likeness (QED) is 0.791. The molecule has 0 bridgehead atoms. The number of fused-ring (bicyclic) bond motifs is 1. The number of hydrogen-bond donors (Lipinski definition) is 0. The Morgan fingerprint density at radius 2 is 1.88 bits per heavy atom. The maximum absolute atomic E-state index is 12.1. The van der Waals surface area contributed by atoms with E-state index in [1.54, 1.807) is 18.0 Å². The van der Waals surface area contributed by atoms with Crippen LogP contribution >= 0.6 is 0 Å². The molecule has 0 N–H and O–H groups in total. The first kappa shape index (κ1) is 11.6. The Kier molecular flexibility index (Phi) is 3.09.